The predicted molar refractivity (Wildman–Crippen MR) is 107 cm³/mol. The van der Waals surface area contributed by atoms with E-state index < -0.39 is 23.4 Å². The number of nitrogens with zero attached hydrogens (tertiary/aromatic N) is 1. The summed E-state index contributed by atoms with van der Waals surface area (Å²) in [6.07, 6.45) is 3.11. The van der Waals surface area contributed by atoms with Gasteiger partial charge in [-0.05, 0) is 55.0 Å². The molecule has 30 heavy (non-hydrogen) atoms. The van der Waals surface area contributed by atoms with Crippen LogP contribution in [0.2, 0.25) is 0 Å². The van der Waals surface area contributed by atoms with Crippen molar-refractivity contribution in [2.45, 2.75) is 31.7 Å². The maximum atomic E-state index is 13.1. The van der Waals surface area contributed by atoms with Gasteiger partial charge in [0, 0.05) is 11.8 Å². The highest BCUT2D eigenvalue weighted by molar-refractivity contribution is 6.10. The van der Waals surface area contributed by atoms with Crippen LogP contribution in [0.4, 0.5) is 10.5 Å². The first-order valence-corrected chi connectivity index (χ1v) is 9.90. The van der Waals surface area contributed by atoms with E-state index in [9.17, 15) is 14.4 Å². The number of fused-ring (bicyclic) bond motifs is 2. The van der Waals surface area contributed by atoms with Crippen LogP contribution in [0, 0.1) is 0 Å². The van der Waals surface area contributed by atoms with Crippen LogP contribution in [0.15, 0.2) is 36.4 Å². The maximum Gasteiger partial charge on any atom is 0.325 e. The predicted octanol–water partition coefficient (Wildman–Crippen LogP) is 2.31. The van der Waals surface area contributed by atoms with Gasteiger partial charge in [-0.1, -0.05) is 18.2 Å². The third-order valence-electron chi connectivity index (χ3n) is 5.91. The van der Waals surface area contributed by atoms with Crippen LogP contribution in [0.3, 0.4) is 0 Å². The Kier molecular flexibility index (Phi) is 4.16. The average Bonchev–Trinajstić information content (AvgIpc) is 3.43. The summed E-state index contributed by atoms with van der Waals surface area (Å²) >= 11 is 0. The molecule has 0 radical (unpaired) electrons. The third-order valence-corrected chi connectivity index (χ3v) is 5.91. The van der Waals surface area contributed by atoms with Crippen LogP contribution in [-0.2, 0) is 28.0 Å². The van der Waals surface area contributed by atoms with E-state index in [0.29, 0.717) is 17.2 Å². The molecule has 0 unspecified atom stereocenters. The fourth-order valence-corrected chi connectivity index (χ4v) is 4.24. The van der Waals surface area contributed by atoms with Gasteiger partial charge in [-0.25, -0.2) is 4.79 Å². The Morgan fingerprint density at radius 1 is 1.10 bits per heavy atom. The summed E-state index contributed by atoms with van der Waals surface area (Å²) < 4.78 is 10.5. The van der Waals surface area contributed by atoms with E-state index in [0.717, 1.165) is 29.7 Å². The highest BCUT2D eigenvalue weighted by atomic mass is 16.7. The number of imide groups is 1. The van der Waals surface area contributed by atoms with Gasteiger partial charge in [0.2, 0.25) is 12.7 Å². The van der Waals surface area contributed by atoms with Gasteiger partial charge in [0.25, 0.3) is 5.91 Å². The number of nitrogens with one attached hydrogen (secondary N) is 2. The minimum atomic E-state index is -1.19. The molecule has 0 spiro atoms. The number of aryl methyl sites for hydroxylation is 2. The molecule has 5 rings (SSSR count). The molecule has 1 fully saturated rings. The molecule has 1 saturated heterocycles. The van der Waals surface area contributed by atoms with Crippen LogP contribution in [-0.4, -0.2) is 36.1 Å². The van der Waals surface area contributed by atoms with E-state index in [1.54, 1.807) is 25.1 Å². The van der Waals surface area contributed by atoms with E-state index in [-0.39, 0.29) is 13.3 Å². The lowest BCUT2D eigenvalue weighted by molar-refractivity contribution is -0.133. The molecule has 154 valence electrons. The lowest BCUT2D eigenvalue weighted by Gasteiger charge is -2.23. The van der Waals surface area contributed by atoms with Gasteiger partial charge in [0.05, 0.1) is 0 Å². The van der Waals surface area contributed by atoms with Crippen molar-refractivity contribution in [3.05, 3.63) is 53.1 Å². The zero-order valence-corrected chi connectivity index (χ0v) is 16.5. The van der Waals surface area contributed by atoms with Crippen molar-refractivity contribution < 1.29 is 23.9 Å². The second-order valence-electron chi connectivity index (χ2n) is 7.90. The number of ether oxygens (including phenoxy) is 2. The molecule has 2 heterocycles. The van der Waals surface area contributed by atoms with E-state index in [4.69, 9.17) is 9.47 Å². The Balaban J connectivity index is 1.31. The van der Waals surface area contributed by atoms with Gasteiger partial charge >= 0.3 is 6.03 Å². The van der Waals surface area contributed by atoms with Crippen molar-refractivity contribution in [2.24, 2.45) is 0 Å². The van der Waals surface area contributed by atoms with Crippen molar-refractivity contribution in [1.29, 1.82) is 0 Å². The second-order valence-corrected chi connectivity index (χ2v) is 7.90. The summed E-state index contributed by atoms with van der Waals surface area (Å²) in [6, 6.07) is 10.3. The number of rotatable bonds is 4. The zero-order valence-electron chi connectivity index (χ0n) is 16.5. The maximum absolute atomic E-state index is 13.1. The fraction of sp³-hybridized carbons (Fsp3) is 0.318. The Morgan fingerprint density at radius 2 is 1.90 bits per heavy atom. The Morgan fingerprint density at radius 3 is 2.77 bits per heavy atom. The van der Waals surface area contributed by atoms with Gasteiger partial charge in [-0.2, -0.15) is 0 Å². The number of urea groups is 1. The van der Waals surface area contributed by atoms with Crippen LogP contribution >= 0.6 is 0 Å². The molecule has 0 aromatic heterocycles. The molecule has 0 saturated carbocycles. The number of carbonyl (C=O) groups is 3. The number of amides is 4. The smallest absolute Gasteiger partial charge is 0.325 e. The van der Waals surface area contributed by atoms with Crippen LogP contribution in [0.1, 0.15) is 30.0 Å². The third kappa shape index (κ3) is 2.96. The largest absolute Gasteiger partial charge is 0.454 e. The Bertz CT molecular complexity index is 1080. The molecule has 0 bridgehead atoms. The lowest BCUT2D eigenvalue weighted by Crippen LogP contribution is -2.42. The van der Waals surface area contributed by atoms with Crippen LogP contribution in [0.25, 0.3) is 0 Å². The van der Waals surface area contributed by atoms with Gasteiger partial charge in [0.1, 0.15) is 12.1 Å². The first kappa shape index (κ1) is 18.5. The molecule has 3 aliphatic rings. The minimum Gasteiger partial charge on any atom is -0.454 e. The number of hydrogen-bond acceptors (Lipinski definition) is 5. The molecule has 4 amide bonds. The van der Waals surface area contributed by atoms with E-state index in [1.165, 1.54) is 11.1 Å². The van der Waals surface area contributed by atoms with Gasteiger partial charge in [-0.3, -0.25) is 14.5 Å². The average molecular weight is 407 g/mol. The van der Waals surface area contributed by atoms with E-state index in [1.807, 2.05) is 18.2 Å². The first-order chi connectivity index (χ1) is 14.4. The highest BCUT2D eigenvalue weighted by Crippen LogP contribution is 2.35. The van der Waals surface area contributed by atoms with Crippen LogP contribution in [0.5, 0.6) is 11.5 Å². The van der Waals surface area contributed by atoms with E-state index in [2.05, 4.69) is 10.6 Å². The SMILES string of the molecule is C[C@@]1(c2ccc3c(c2)CCC3)NC(=O)N(CC(=O)Nc2ccc3c(c2)OCO3)C1=O. The molecular formula is C22H21N3O5. The monoisotopic (exact) mass is 407 g/mol. The van der Waals surface area contributed by atoms with Crippen LogP contribution < -0.4 is 20.1 Å². The first-order valence-electron chi connectivity index (χ1n) is 9.90. The topological polar surface area (TPSA) is 97.0 Å². The second kappa shape index (κ2) is 6.76. The minimum absolute atomic E-state index is 0.135. The molecule has 2 aromatic carbocycles. The summed E-state index contributed by atoms with van der Waals surface area (Å²) in [5.74, 6) is 0.223. The highest BCUT2D eigenvalue weighted by Gasteiger charge is 2.49. The molecule has 2 aliphatic heterocycles. The molecule has 2 aromatic rings. The summed E-state index contributed by atoms with van der Waals surface area (Å²) in [7, 11) is 0. The summed E-state index contributed by atoms with van der Waals surface area (Å²) in [4.78, 5) is 39.1. The summed E-state index contributed by atoms with van der Waals surface area (Å²) in [5.41, 5.74) is 2.56. The van der Waals surface area contributed by atoms with Gasteiger partial charge < -0.3 is 20.1 Å². The van der Waals surface area contributed by atoms with Crippen molar-refractivity contribution >= 4 is 23.5 Å². The van der Waals surface area contributed by atoms with E-state index >= 15 is 0 Å². The zero-order chi connectivity index (χ0) is 20.9. The molecule has 2 N–H and O–H groups in total. The Hall–Kier alpha value is -3.55. The Labute approximate surface area is 173 Å². The fourth-order valence-electron chi connectivity index (χ4n) is 4.24. The molecule has 1 atom stereocenters. The van der Waals surface area contributed by atoms with Crippen molar-refractivity contribution in [2.75, 3.05) is 18.7 Å². The molecule has 8 heteroatoms. The molecule has 8 nitrogen and oxygen atoms in total. The number of anilines is 1. The van der Waals surface area contributed by atoms with Crippen molar-refractivity contribution in [3.8, 4) is 11.5 Å². The van der Waals surface area contributed by atoms with Gasteiger partial charge in [0.15, 0.2) is 11.5 Å². The number of hydrogen-bond donors (Lipinski definition) is 2. The molecular weight excluding hydrogens is 386 g/mol. The normalized spacial score (nSPS) is 21.6. The van der Waals surface area contributed by atoms with Crippen molar-refractivity contribution in [1.82, 2.24) is 10.2 Å². The number of carbonyl (C=O) groups excluding carboxylic acids is 3. The summed E-state index contributed by atoms with van der Waals surface area (Å²) in [6.45, 7) is 1.44. The van der Waals surface area contributed by atoms with Crippen molar-refractivity contribution in [3.63, 3.8) is 0 Å². The number of benzene rings is 2. The summed E-state index contributed by atoms with van der Waals surface area (Å²) in [5, 5.41) is 5.45. The van der Waals surface area contributed by atoms with Gasteiger partial charge in [-0.15, -0.1) is 0 Å². The standard InChI is InChI=1S/C22H21N3O5/c1-22(15-6-5-13-3-2-4-14(13)9-15)20(27)25(21(28)24-22)11-19(26)23-16-7-8-17-18(10-16)30-12-29-17/h5-10H,2-4,11-12H2,1H3,(H,23,26)(H,24,28)/t22-/m0/s1. The lowest BCUT2D eigenvalue weighted by atomic mass is 9.89. The quantitative estimate of drug-likeness (QED) is 0.758. The molecule has 1 aliphatic carbocycles.